The average molecular weight is 550 g/mol. The van der Waals surface area contributed by atoms with Crippen LogP contribution >= 0.6 is 0 Å². The highest BCUT2D eigenvalue weighted by molar-refractivity contribution is 7.89. The van der Waals surface area contributed by atoms with Crippen LogP contribution in [0.1, 0.15) is 39.8 Å². The molecule has 1 amide bonds. The first-order valence-corrected chi connectivity index (χ1v) is 14.2. The fourth-order valence-corrected chi connectivity index (χ4v) is 6.67. The van der Waals surface area contributed by atoms with Crippen molar-refractivity contribution in [2.45, 2.75) is 25.7 Å². The van der Waals surface area contributed by atoms with Crippen LogP contribution in [-0.4, -0.2) is 69.1 Å². The van der Waals surface area contributed by atoms with Gasteiger partial charge in [0.25, 0.3) is 5.91 Å². The molecule has 0 unspecified atom stereocenters. The van der Waals surface area contributed by atoms with E-state index in [0.717, 1.165) is 22.6 Å². The lowest BCUT2D eigenvalue weighted by Crippen LogP contribution is -2.40. The number of amides is 1. The molecule has 1 fully saturated rings. The molecule has 3 aromatic rings. The number of morpholine rings is 1. The highest BCUT2D eigenvalue weighted by Gasteiger charge is 2.34. The van der Waals surface area contributed by atoms with Crippen molar-refractivity contribution in [3.8, 4) is 5.69 Å². The summed E-state index contributed by atoms with van der Waals surface area (Å²) in [5, 5.41) is 0. The van der Waals surface area contributed by atoms with Crippen LogP contribution < -0.4 is 4.90 Å². The number of ether oxygens (including phenoxy) is 2. The van der Waals surface area contributed by atoms with Crippen LogP contribution in [0.25, 0.3) is 17.3 Å². The summed E-state index contributed by atoms with van der Waals surface area (Å²) in [6.45, 7) is 7.61. The van der Waals surface area contributed by atoms with Crippen LogP contribution in [0.4, 0.5) is 5.69 Å². The highest BCUT2D eigenvalue weighted by atomic mass is 32.2. The number of methoxy groups -OCH3 is 1. The second-order valence-electron chi connectivity index (χ2n) is 9.50. The topological polar surface area (TPSA) is 98.2 Å². The van der Waals surface area contributed by atoms with Crippen LogP contribution in [0, 0.1) is 13.8 Å². The molecule has 10 heteroatoms. The van der Waals surface area contributed by atoms with Gasteiger partial charge in [-0.25, -0.2) is 13.2 Å². The number of benzene rings is 2. The van der Waals surface area contributed by atoms with E-state index in [1.165, 1.54) is 11.4 Å². The summed E-state index contributed by atoms with van der Waals surface area (Å²) in [6, 6.07) is 14.0. The van der Waals surface area contributed by atoms with E-state index in [1.807, 2.05) is 49.6 Å². The van der Waals surface area contributed by atoms with Gasteiger partial charge in [0.05, 0.1) is 36.5 Å². The summed E-state index contributed by atoms with van der Waals surface area (Å²) in [7, 11) is -2.37. The second kappa shape index (κ2) is 10.4. The Balaban J connectivity index is 1.56. The molecule has 39 heavy (non-hydrogen) atoms. The zero-order valence-electron chi connectivity index (χ0n) is 22.4. The number of sulfonamides is 1. The van der Waals surface area contributed by atoms with Gasteiger partial charge in [0.15, 0.2) is 0 Å². The quantitative estimate of drug-likeness (QED) is 0.343. The van der Waals surface area contributed by atoms with Crippen molar-refractivity contribution in [2.75, 3.05) is 44.9 Å². The largest absolute Gasteiger partial charge is 0.465 e. The summed E-state index contributed by atoms with van der Waals surface area (Å²) < 4.78 is 40.3. The third-order valence-corrected chi connectivity index (χ3v) is 9.16. The molecule has 3 heterocycles. The Bertz CT molecular complexity index is 1580. The van der Waals surface area contributed by atoms with Gasteiger partial charge in [-0.15, -0.1) is 0 Å². The van der Waals surface area contributed by atoms with Crippen molar-refractivity contribution in [1.29, 1.82) is 0 Å². The maximum atomic E-state index is 13.5. The lowest BCUT2D eigenvalue weighted by molar-refractivity contribution is -0.112. The van der Waals surface area contributed by atoms with Gasteiger partial charge >= 0.3 is 5.97 Å². The van der Waals surface area contributed by atoms with E-state index in [2.05, 4.69) is 0 Å². The highest BCUT2D eigenvalue weighted by Crippen LogP contribution is 2.40. The third kappa shape index (κ3) is 4.69. The average Bonchev–Trinajstić information content (AvgIpc) is 3.39. The SMILES string of the molecule is CCN1C(=O)/C(=C/c2cc(C)n(-c3ccc(C(=O)OC)cc3)c2C)c2cc(S(=O)(=O)N3CCOCC3)ccc21. The summed E-state index contributed by atoms with van der Waals surface area (Å²) >= 11 is 0. The number of hydrogen-bond donors (Lipinski definition) is 0. The smallest absolute Gasteiger partial charge is 0.337 e. The van der Waals surface area contributed by atoms with Gasteiger partial charge in [-0.3, -0.25) is 4.79 Å². The number of nitrogens with zero attached hydrogens (tertiary/aromatic N) is 3. The van der Waals surface area contributed by atoms with Crippen molar-refractivity contribution in [2.24, 2.45) is 0 Å². The predicted molar refractivity (Wildman–Crippen MR) is 149 cm³/mol. The molecule has 1 saturated heterocycles. The van der Waals surface area contributed by atoms with Crippen molar-refractivity contribution >= 4 is 39.2 Å². The van der Waals surface area contributed by atoms with Gasteiger partial charge in [0.2, 0.25) is 10.0 Å². The summed E-state index contributed by atoms with van der Waals surface area (Å²) in [5.41, 5.74) is 5.78. The van der Waals surface area contributed by atoms with Crippen LogP contribution in [0.3, 0.4) is 0 Å². The van der Waals surface area contributed by atoms with Crippen molar-refractivity contribution in [1.82, 2.24) is 8.87 Å². The molecule has 0 aliphatic carbocycles. The van der Waals surface area contributed by atoms with Crippen LogP contribution in [0.5, 0.6) is 0 Å². The molecule has 1 aromatic heterocycles. The van der Waals surface area contributed by atoms with Crippen molar-refractivity contribution in [3.05, 3.63) is 76.6 Å². The fourth-order valence-electron chi connectivity index (χ4n) is 5.24. The standard InChI is InChI=1S/C29H31N3O6S/c1-5-31-27-11-10-24(39(35,36)30-12-14-38-15-13-30)18-25(27)26(28(31)33)17-22-16-19(2)32(20(22)3)23-8-6-21(7-9-23)29(34)37-4/h6-11,16-18H,5,12-15H2,1-4H3/b26-17+. The molecular formula is C29H31N3O6S. The number of rotatable bonds is 6. The van der Waals surface area contributed by atoms with Gasteiger partial charge in [-0.2, -0.15) is 4.31 Å². The van der Waals surface area contributed by atoms with E-state index in [4.69, 9.17) is 9.47 Å². The molecule has 2 aliphatic rings. The molecule has 5 rings (SSSR count). The van der Waals surface area contributed by atoms with E-state index < -0.39 is 16.0 Å². The number of carbonyl (C=O) groups excluding carboxylic acids is 2. The normalized spacial score (nSPS) is 17.1. The fraction of sp³-hybridized carbons (Fsp3) is 0.310. The Morgan fingerprint density at radius 1 is 1.05 bits per heavy atom. The Hall–Kier alpha value is -3.73. The molecule has 0 atom stereocenters. The van der Waals surface area contributed by atoms with Crippen LogP contribution in [0.15, 0.2) is 53.4 Å². The minimum atomic E-state index is -3.72. The maximum Gasteiger partial charge on any atom is 0.337 e. The number of hydrogen-bond acceptors (Lipinski definition) is 6. The van der Waals surface area contributed by atoms with Crippen molar-refractivity contribution in [3.63, 3.8) is 0 Å². The molecule has 204 valence electrons. The number of esters is 1. The van der Waals surface area contributed by atoms with Crippen LogP contribution in [-0.2, 0) is 24.3 Å². The van der Waals surface area contributed by atoms with E-state index in [9.17, 15) is 18.0 Å². The zero-order chi connectivity index (χ0) is 27.9. The second-order valence-corrected chi connectivity index (χ2v) is 11.4. The minimum Gasteiger partial charge on any atom is -0.465 e. The van der Waals surface area contributed by atoms with E-state index in [0.29, 0.717) is 55.2 Å². The first-order valence-electron chi connectivity index (χ1n) is 12.8. The molecule has 0 N–H and O–H groups in total. The monoisotopic (exact) mass is 549 g/mol. The molecule has 0 radical (unpaired) electrons. The van der Waals surface area contributed by atoms with E-state index >= 15 is 0 Å². The van der Waals surface area contributed by atoms with Gasteiger partial charge in [0, 0.05) is 47.8 Å². The Labute approximate surface area is 228 Å². The predicted octanol–water partition coefficient (Wildman–Crippen LogP) is 3.81. The lowest BCUT2D eigenvalue weighted by Gasteiger charge is -2.26. The lowest BCUT2D eigenvalue weighted by atomic mass is 10.0. The summed E-state index contributed by atoms with van der Waals surface area (Å²) in [4.78, 5) is 27.2. The number of anilines is 1. The van der Waals surface area contributed by atoms with Gasteiger partial charge < -0.3 is 18.9 Å². The third-order valence-electron chi connectivity index (χ3n) is 7.27. The van der Waals surface area contributed by atoms with E-state index in [1.54, 1.807) is 35.2 Å². The van der Waals surface area contributed by atoms with Gasteiger partial charge in [-0.05, 0) is 80.9 Å². The number of fused-ring (bicyclic) bond motifs is 1. The number of aryl methyl sites for hydroxylation is 1. The molecular weight excluding hydrogens is 518 g/mol. The summed E-state index contributed by atoms with van der Waals surface area (Å²) in [5.74, 6) is -0.567. The molecule has 0 saturated carbocycles. The number of aromatic nitrogens is 1. The van der Waals surface area contributed by atoms with Gasteiger partial charge in [-0.1, -0.05) is 0 Å². The molecule has 2 aliphatic heterocycles. The Morgan fingerprint density at radius 2 is 1.74 bits per heavy atom. The van der Waals surface area contributed by atoms with Crippen molar-refractivity contribution < 1.29 is 27.5 Å². The van der Waals surface area contributed by atoms with Crippen LogP contribution in [0.2, 0.25) is 0 Å². The molecule has 0 bridgehead atoms. The van der Waals surface area contributed by atoms with Gasteiger partial charge in [0.1, 0.15) is 0 Å². The Kier molecular flexibility index (Phi) is 7.19. The van der Waals surface area contributed by atoms with E-state index in [-0.39, 0.29) is 10.8 Å². The molecule has 0 spiro atoms. The summed E-state index contributed by atoms with van der Waals surface area (Å²) in [6.07, 6.45) is 1.84. The first-order chi connectivity index (χ1) is 18.7. The number of carbonyl (C=O) groups is 2. The maximum absolute atomic E-state index is 13.5. The molecule has 9 nitrogen and oxygen atoms in total. The first kappa shape index (κ1) is 26.9. The number of likely N-dealkylation sites (N-methyl/N-ethyl adjacent to an activating group) is 1. The zero-order valence-corrected chi connectivity index (χ0v) is 23.2. The molecule has 2 aromatic carbocycles. The Morgan fingerprint density at radius 3 is 2.38 bits per heavy atom. The minimum absolute atomic E-state index is 0.163.